The van der Waals surface area contributed by atoms with Crippen LogP contribution in [0.15, 0.2) is 12.1 Å². The van der Waals surface area contributed by atoms with Crippen molar-refractivity contribution in [3.05, 3.63) is 23.8 Å². The molecule has 3 fully saturated rings. The molecule has 1 saturated carbocycles. The van der Waals surface area contributed by atoms with Crippen molar-refractivity contribution in [3.8, 4) is 5.75 Å². The van der Waals surface area contributed by atoms with Crippen LogP contribution in [0.25, 0.3) is 0 Å². The standard InChI is InChI=1S/C22H31F2N3O5S/c1-22(5-6-22)32-21(28)26-7-3-16(4-8-26)15-31-20-18(23)13-17(14-19(20)24)25-9-11-27(12-10-25)33(2,29)30/h13-14,16H,3-12,15H2,1-2H3. The Kier molecular flexibility index (Phi) is 6.73. The number of rotatable bonds is 6. The quantitative estimate of drug-likeness (QED) is 0.614. The highest BCUT2D eigenvalue weighted by atomic mass is 32.2. The summed E-state index contributed by atoms with van der Waals surface area (Å²) in [4.78, 5) is 15.6. The first-order valence-electron chi connectivity index (χ1n) is 11.3. The van der Waals surface area contributed by atoms with E-state index in [1.165, 1.54) is 16.4 Å². The number of sulfonamides is 1. The number of piperazine rings is 1. The maximum atomic E-state index is 14.7. The van der Waals surface area contributed by atoms with Gasteiger partial charge in [0.05, 0.1) is 12.9 Å². The smallest absolute Gasteiger partial charge is 0.410 e. The molecular formula is C22H31F2N3O5S. The summed E-state index contributed by atoms with van der Waals surface area (Å²) in [7, 11) is -3.28. The fraction of sp³-hybridized carbons (Fsp3) is 0.682. The normalized spacial score (nSPS) is 21.7. The second-order valence-corrected chi connectivity index (χ2v) is 11.4. The molecule has 2 aliphatic heterocycles. The molecule has 1 aromatic carbocycles. The largest absolute Gasteiger partial charge is 0.487 e. The second kappa shape index (κ2) is 9.25. The summed E-state index contributed by atoms with van der Waals surface area (Å²) < 4.78 is 64.9. The Morgan fingerprint density at radius 1 is 1.06 bits per heavy atom. The van der Waals surface area contributed by atoms with Crippen LogP contribution in [0.2, 0.25) is 0 Å². The Morgan fingerprint density at radius 2 is 1.64 bits per heavy atom. The Labute approximate surface area is 193 Å². The molecule has 33 heavy (non-hydrogen) atoms. The first kappa shape index (κ1) is 24.0. The van der Waals surface area contributed by atoms with Gasteiger partial charge >= 0.3 is 6.09 Å². The van der Waals surface area contributed by atoms with Gasteiger partial charge in [0.25, 0.3) is 0 Å². The fourth-order valence-corrected chi connectivity index (χ4v) is 5.01. The number of likely N-dealkylation sites (tertiary alicyclic amines) is 1. The molecule has 0 unspecified atom stereocenters. The summed E-state index contributed by atoms with van der Waals surface area (Å²) in [5, 5.41) is 0. The Bertz CT molecular complexity index is 963. The lowest BCUT2D eigenvalue weighted by atomic mass is 9.98. The summed E-state index contributed by atoms with van der Waals surface area (Å²) >= 11 is 0. The molecule has 0 radical (unpaired) electrons. The number of carbonyl (C=O) groups is 1. The molecule has 3 aliphatic rings. The fourth-order valence-electron chi connectivity index (χ4n) is 4.18. The number of amides is 1. The number of hydrogen-bond acceptors (Lipinski definition) is 6. The van der Waals surface area contributed by atoms with Crippen molar-refractivity contribution < 1.29 is 31.5 Å². The van der Waals surface area contributed by atoms with Gasteiger partial charge in [-0.25, -0.2) is 22.0 Å². The number of benzene rings is 1. The molecule has 0 aromatic heterocycles. The number of nitrogens with zero attached hydrogens (tertiary/aromatic N) is 3. The van der Waals surface area contributed by atoms with Gasteiger partial charge in [0.1, 0.15) is 5.60 Å². The van der Waals surface area contributed by atoms with E-state index in [-0.39, 0.29) is 37.3 Å². The lowest BCUT2D eigenvalue weighted by molar-refractivity contribution is 0.0453. The van der Waals surface area contributed by atoms with Crippen LogP contribution < -0.4 is 9.64 Å². The number of ether oxygens (including phenoxy) is 2. The predicted molar refractivity (Wildman–Crippen MR) is 119 cm³/mol. The predicted octanol–water partition coefficient (Wildman–Crippen LogP) is 2.83. The number of carbonyl (C=O) groups excluding carboxylic acids is 1. The van der Waals surface area contributed by atoms with Gasteiger partial charge in [0.15, 0.2) is 17.4 Å². The third-order valence-electron chi connectivity index (χ3n) is 6.68. The van der Waals surface area contributed by atoms with Crippen LogP contribution in [0, 0.1) is 17.6 Å². The Morgan fingerprint density at radius 3 is 2.15 bits per heavy atom. The lowest BCUT2D eigenvalue weighted by Crippen LogP contribution is -2.48. The highest BCUT2D eigenvalue weighted by molar-refractivity contribution is 7.88. The van der Waals surface area contributed by atoms with Crippen LogP contribution in [0.5, 0.6) is 5.75 Å². The molecule has 11 heteroatoms. The van der Waals surface area contributed by atoms with Gasteiger partial charge in [-0.3, -0.25) is 0 Å². The van der Waals surface area contributed by atoms with Crippen LogP contribution in [0.4, 0.5) is 19.3 Å². The van der Waals surface area contributed by atoms with Crippen LogP contribution in [-0.4, -0.2) is 81.4 Å². The second-order valence-electron chi connectivity index (χ2n) is 9.45. The van der Waals surface area contributed by atoms with E-state index < -0.39 is 27.4 Å². The molecule has 1 aliphatic carbocycles. The van der Waals surface area contributed by atoms with Gasteiger partial charge in [-0.15, -0.1) is 0 Å². The van der Waals surface area contributed by atoms with E-state index >= 15 is 0 Å². The van der Waals surface area contributed by atoms with Gasteiger partial charge in [-0.2, -0.15) is 4.31 Å². The summed E-state index contributed by atoms with van der Waals surface area (Å²) in [5.74, 6) is -1.88. The van der Waals surface area contributed by atoms with Crippen molar-refractivity contribution in [2.75, 3.05) is 57.0 Å². The highest BCUT2D eigenvalue weighted by Gasteiger charge is 2.43. The Hall–Kier alpha value is -2.14. The number of anilines is 1. The van der Waals surface area contributed by atoms with E-state index in [1.807, 2.05) is 6.92 Å². The van der Waals surface area contributed by atoms with Crippen molar-refractivity contribution in [1.29, 1.82) is 0 Å². The molecular weight excluding hydrogens is 456 g/mol. The monoisotopic (exact) mass is 487 g/mol. The van der Waals surface area contributed by atoms with Gasteiger partial charge < -0.3 is 19.3 Å². The summed E-state index contributed by atoms with van der Waals surface area (Å²) in [6.45, 7) is 4.41. The molecule has 0 N–H and O–H groups in total. The van der Waals surface area contributed by atoms with E-state index in [0.29, 0.717) is 44.7 Å². The van der Waals surface area contributed by atoms with Crippen molar-refractivity contribution in [2.45, 2.75) is 38.2 Å². The van der Waals surface area contributed by atoms with Crippen LogP contribution in [0.1, 0.15) is 32.6 Å². The molecule has 1 amide bonds. The van der Waals surface area contributed by atoms with Crippen molar-refractivity contribution in [3.63, 3.8) is 0 Å². The van der Waals surface area contributed by atoms with Crippen molar-refractivity contribution >= 4 is 21.8 Å². The van der Waals surface area contributed by atoms with Crippen LogP contribution in [0.3, 0.4) is 0 Å². The van der Waals surface area contributed by atoms with E-state index in [2.05, 4.69) is 0 Å². The maximum Gasteiger partial charge on any atom is 0.410 e. The summed E-state index contributed by atoms with van der Waals surface area (Å²) in [6, 6.07) is 2.46. The zero-order chi connectivity index (χ0) is 23.8. The van der Waals surface area contributed by atoms with E-state index in [4.69, 9.17) is 9.47 Å². The molecule has 184 valence electrons. The Balaban J connectivity index is 1.27. The molecule has 2 saturated heterocycles. The van der Waals surface area contributed by atoms with Crippen molar-refractivity contribution in [1.82, 2.24) is 9.21 Å². The first-order chi connectivity index (χ1) is 15.5. The van der Waals surface area contributed by atoms with Crippen LogP contribution in [-0.2, 0) is 14.8 Å². The average molecular weight is 488 g/mol. The third kappa shape index (κ3) is 5.87. The molecule has 0 spiro atoms. The van der Waals surface area contributed by atoms with Gasteiger partial charge in [-0.05, 0) is 38.5 Å². The number of hydrogen-bond donors (Lipinski definition) is 0. The number of piperidine rings is 1. The highest BCUT2D eigenvalue weighted by Crippen LogP contribution is 2.39. The van der Waals surface area contributed by atoms with E-state index in [1.54, 1.807) is 9.80 Å². The topological polar surface area (TPSA) is 79.4 Å². The third-order valence-corrected chi connectivity index (χ3v) is 7.98. The summed E-state index contributed by atoms with van der Waals surface area (Å²) in [5.41, 5.74) is 0.0567. The molecule has 0 bridgehead atoms. The zero-order valence-corrected chi connectivity index (χ0v) is 19.9. The minimum atomic E-state index is -3.28. The first-order valence-corrected chi connectivity index (χ1v) is 13.2. The minimum Gasteiger partial charge on any atom is -0.487 e. The minimum absolute atomic E-state index is 0.0908. The van der Waals surface area contributed by atoms with E-state index in [0.717, 1.165) is 19.1 Å². The van der Waals surface area contributed by atoms with Crippen molar-refractivity contribution in [2.24, 2.45) is 5.92 Å². The molecule has 8 nitrogen and oxygen atoms in total. The summed E-state index contributed by atoms with van der Waals surface area (Å²) in [6.07, 6.45) is 4.01. The number of halogens is 2. The average Bonchev–Trinajstić information content (AvgIpc) is 3.49. The van der Waals surface area contributed by atoms with E-state index in [9.17, 15) is 22.0 Å². The van der Waals surface area contributed by atoms with Gasteiger partial charge in [-0.1, -0.05) is 0 Å². The molecule has 0 atom stereocenters. The zero-order valence-electron chi connectivity index (χ0n) is 19.1. The van der Waals surface area contributed by atoms with Gasteiger partial charge in [0, 0.05) is 57.1 Å². The maximum absolute atomic E-state index is 14.7. The molecule has 1 aromatic rings. The van der Waals surface area contributed by atoms with Crippen LogP contribution >= 0.6 is 0 Å². The van der Waals surface area contributed by atoms with Gasteiger partial charge in [0.2, 0.25) is 10.0 Å². The molecule has 4 rings (SSSR count). The lowest BCUT2D eigenvalue weighted by Gasteiger charge is -2.35. The molecule has 2 heterocycles. The SMILES string of the molecule is CC1(OC(=O)N2CCC(COc3c(F)cc(N4CCN(S(C)(=O)=O)CC4)cc3F)CC2)CC1.